The number of furan rings is 1. The van der Waals surface area contributed by atoms with Crippen molar-refractivity contribution in [2.45, 2.75) is 20.1 Å². The summed E-state index contributed by atoms with van der Waals surface area (Å²) >= 11 is 15.3. The normalized spacial score (nSPS) is 11.3. The Labute approximate surface area is 174 Å². The number of nitrogens with zero attached hydrogens (tertiary/aromatic N) is 2. The van der Waals surface area contributed by atoms with Crippen LogP contribution in [0.4, 0.5) is 0 Å². The molecule has 0 fully saturated rings. The first-order valence-corrected chi connectivity index (χ1v) is 9.63. The van der Waals surface area contributed by atoms with Crippen molar-refractivity contribution in [2.24, 2.45) is 0 Å². The molecule has 0 saturated carbocycles. The number of hydrogen-bond donors (Lipinski definition) is 0. The smallest absolute Gasteiger partial charge is 0.205 e. The fraction of sp³-hybridized carbons (Fsp3) is 0.158. The van der Waals surface area contributed by atoms with Gasteiger partial charge in [-0.15, -0.1) is 0 Å². The molecule has 0 aliphatic heterocycles. The van der Waals surface area contributed by atoms with E-state index in [4.69, 9.17) is 32.4 Å². The first kappa shape index (κ1) is 19.7. The molecule has 3 rings (SSSR count). The predicted molar refractivity (Wildman–Crippen MR) is 108 cm³/mol. The molecule has 8 heteroatoms. The second-order valence-corrected chi connectivity index (χ2v) is 7.22. The van der Waals surface area contributed by atoms with Crippen molar-refractivity contribution >= 4 is 51.0 Å². The van der Waals surface area contributed by atoms with E-state index in [1.54, 1.807) is 47.3 Å². The van der Waals surface area contributed by atoms with Crippen LogP contribution in [-0.2, 0) is 13.2 Å². The number of aromatic nitrogens is 2. The topological polar surface area (TPSA) is 57.3 Å². The van der Waals surface area contributed by atoms with Crippen molar-refractivity contribution in [1.82, 2.24) is 9.78 Å². The molecule has 1 aromatic carbocycles. The fourth-order valence-corrected chi connectivity index (χ4v) is 3.21. The molecule has 0 saturated heterocycles. The number of ether oxygens (including phenoxy) is 1. The number of benzene rings is 1. The molecule has 0 aliphatic carbocycles. The quantitative estimate of drug-likeness (QED) is 0.312. The summed E-state index contributed by atoms with van der Waals surface area (Å²) in [6, 6.07) is 8.52. The highest BCUT2D eigenvalue weighted by Gasteiger charge is 2.14. The van der Waals surface area contributed by atoms with Crippen LogP contribution < -0.4 is 4.74 Å². The van der Waals surface area contributed by atoms with Crippen molar-refractivity contribution < 1.29 is 13.9 Å². The Balaban J connectivity index is 1.65. The standard InChI is InChI=1S/C19H15BrCl2N2O3/c1-2-24-19(15(20)10-23-24)17(25)8-6-13-4-5-14(27-13)11-26-18-9-12(21)3-7-16(18)22/h3-10H,2,11H2,1H3/b8-6+. The Hall–Kier alpha value is -2.02. The van der Waals surface area contributed by atoms with Crippen molar-refractivity contribution in [3.8, 4) is 5.75 Å². The number of allylic oxidation sites excluding steroid dienone is 1. The van der Waals surface area contributed by atoms with E-state index in [-0.39, 0.29) is 12.4 Å². The van der Waals surface area contributed by atoms with Gasteiger partial charge >= 0.3 is 0 Å². The van der Waals surface area contributed by atoms with Crippen molar-refractivity contribution in [1.29, 1.82) is 0 Å². The first-order valence-electron chi connectivity index (χ1n) is 8.08. The number of carbonyl (C=O) groups excluding carboxylic acids is 1. The van der Waals surface area contributed by atoms with E-state index in [0.29, 0.717) is 44.0 Å². The average molecular weight is 470 g/mol. The van der Waals surface area contributed by atoms with Crippen LogP contribution in [0.25, 0.3) is 6.08 Å². The number of carbonyl (C=O) groups is 1. The summed E-state index contributed by atoms with van der Waals surface area (Å²) < 4.78 is 13.6. The molecule has 0 amide bonds. The van der Waals surface area contributed by atoms with Gasteiger partial charge in [0.15, 0.2) is 0 Å². The lowest BCUT2D eigenvalue weighted by Crippen LogP contribution is -2.07. The molecule has 0 atom stereocenters. The van der Waals surface area contributed by atoms with E-state index in [9.17, 15) is 4.79 Å². The Morgan fingerprint density at radius 3 is 2.93 bits per heavy atom. The van der Waals surface area contributed by atoms with Crippen LogP contribution >= 0.6 is 39.1 Å². The van der Waals surface area contributed by atoms with Gasteiger partial charge < -0.3 is 9.15 Å². The third kappa shape index (κ3) is 4.83. The van der Waals surface area contributed by atoms with E-state index in [1.165, 1.54) is 6.08 Å². The zero-order valence-electron chi connectivity index (χ0n) is 14.3. The molecule has 0 aliphatic rings. The SMILES string of the molecule is CCn1ncc(Br)c1C(=O)/C=C/c1ccc(COc2cc(Cl)ccc2Cl)o1. The zero-order valence-corrected chi connectivity index (χ0v) is 17.4. The third-order valence-electron chi connectivity index (χ3n) is 3.67. The van der Waals surface area contributed by atoms with Gasteiger partial charge in [-0.25, -0.2) is 0 Å². The van der Waals surface area contributed by atoms with E-state index in [2.05, 4.69) is 21.0 Å². The van der Waals surface area contributed by atoms with Crippen LogP contribution in [0.5, 0.6) is 5.75 Å². The lowest BCUT2D eigenvalue weighted by atomic mass is 10.2. The Morgan fingerprint density at radius 2 is 2.15 bits per heavy atom. The maximum Gasteiger partial charge on any atom is 0.205 e. The third-order valence-corrected chi connectivity index (χ3v) is 4.80. The molecule has 0 spiro atoms. The molecule has 0 radical (unpaired) electrons. The van der Waals surface area contributed by atoms with Gasteiger partial charge in [0.1, 0.15) is 29.6 Å². The van der Waals surface area contributed by atoms with E-state index >= 15 is 0 Å². The largest absolute Gasteiger partial charge is 0.484 e. The highest BCUT2D eigenvalue weighted by Crippen LogP contribution is 2.28. The van der Waals surface area contributed by atoms with Gasteiger partial charge in [0.2, 0.25) is 5.78 Å². The minimum atomic E-state index is -0.166. The summed E-state index contributed by atoms with van der Waals surface area (Å²) in [5.41, 5.74) is 0.500. The van der Waals surface area contributed by atoms with Gasteiger partial charge in [0.05, 0.1) is 15.7 Å². The second kappa shape index (κ2) is 8.78. The second-order valence-electron chi connectivity index (χ2n) is 5.52. The lowest BCUT2D eigenvalue weighted by Gasteiger charge is -2.06. The Bertz CT molecular complexity index is 995. The van der Waals surface area contributed by atoms with Crippen molar-refractivity contribution in [3.05, 3.63) is 74.3 Å². The van der Waals surface area contributed by atoms with Crippen molar-refractivity contribution in [2.75, 3.05) is 0 Å². The van der Waals surface area contributed by atoms with E-state index < -0.39 is 0 Å². The molecule has 0 N–H and O–H groups in total. The summed E-state index contributed by atoms with van der Waals surface area (Å²) in [4.78, 5) is 12.4. The Kier molecular flexibility index (Phi) is 6.42. The molecule has 0 unspecified atom stereocenters. The molecule has 140 valence electrons. The molecule has 0 bridgehead atoms. The van der Waals surface area contributed by atoms with Crippen LogP contribution in [0, 0.1) is 0 Å². The number of aryl methyl sites for hydroxylation is 1. The van der Waals surface area contributed by atoms with E-state index in [0.717, 1.165) is 0 Å². The van der Waals surface area contributed by atoms with Gasteiger partial charge in [0, 0.05) is 17.6 Å². The van der Waals surface area contributed by atoms with Crippen LogP contribution in [0.15, 0.2) is 51.5 Å². The minimum absolute atomic E-state index is 0.166. The highest BCUT2D eigenvalue weighted by atomic mass is 79.9. The zero-order chi connectivity index (χ0) is 19.4. The summed E-state index contributed by atoms with van der Waals surface area (Å²) in [5.74, 6) is 1.45. The molecule has 3 aromatic rings. The van der Waals surface area contributed by atoms with Gasteiger partial charge in [-0.3, -0.25) is 9.48 Å². The molecule has 2 heterocycles. The molecule has 27 heavy (non-hydrogen) atoms. The van der Waals surface area contributed by atoms with Gasteiger partial charge in [0.25, 0.3) is 0 Å². The predicted octanol–water partition coefficient (Wildman–Crippen LogP) is 6.04. The van der Waals surface area contributed by atoms with Crippen LogP contribution in [0.2, 0.25) is 10.0 Å². The first-order chi connectivity index (χ1) is 13.0. The van der Waals surface area contributed by atoms with Gasteiger partial charge in [-0.2, -0.15) is 5.10 Å². The minimum Gasteiger partial charge on any atom is -0.484 e. The van der Waals surface area contributed by atoms with Crippen LogP contribution in [0.3, 0.4) is 0 Å². The molecular formula is C19H15BrCl2N2O3. The molecular weight excluding hydrogens is 455 g/mol. The summed E-state index contributed by atoms with van der Waals surface area (Å²) in [6.07, 6.45) is 4.66. The molecule has 5 nitrogen and oxygen atoms in total. The van der Waals surface area contributed by atoms with Crippen LogP contribution in [0.1, 0.15) is 28.9 Å². The van der Waals surface area contributed by atoms with E-state index in [1.807, 2.05) is 6.92 Å². The molecule has 2 aromatic heterocycles. The van der Waals surface area contributed by atoms with Crippen LogP contribution in [-0.4, -0.2) is 15.6 Å². The summed E-state index contributed by atoms with van der Waals surface area (Å²) in [5, 5.41) is 5.14. The van der Waals surface area contributed by atoms with Gasteiger partial charge in [-0.1, -0.05) is 23.2 Å². The van der Waals surface area contributed by atoms with Gasteiger partial charge in [-0.05, 0) is 59.3 Å². The summed E-state index contributed by atoms with van der Waals surface area (Å²) in [7, 11) is 0. The number of hydrogen-bond acceptors (Lipinski definition) is 4. The average Bonchev–Trinajstić information content (AvgIpc) is 3.26. The summed E-state index contributed by atoms with van der Waals surface area (Å²) in [6.45, 7) is 2.72. The maximum absolute atomic E-state index is 12.4. The number of halogens is 3. The fourth-order valence-electron chi connectivity index (χ4n) is 2.38. The lowest BCUT2D eigenvalue weighted by molar-refractivity contribution is 0.103. The number of ketones is 1. The maximum atomic E-state index is 12.4. The number of rotatable bonds is 7. The van der Waals surface area contributed by atoms with Crippen molar-refractivity contribution in [3.63, 3.8) is 0 Å². The monoisotopic (exact) mass is 468 g/mol. The Morgan fingerprint density at radius 1 is 1.33 bits per heavy atom. The highest BCUT2D eigenvalue weighted by molar-refractivity contribution is 9.10.